The minimum absolute atomic E-state index is 0.0691. The molecule has 0 aliphatic heterocycles. The molecule has 2 aromatic carbocycles. The number of carbonyl (C=O) groups is 2. The van der Waals surface area contributed by atoms with E-state index in [1.165, 1.54) is 0 Å². The Morgan fingerprint density at radius 3 is 2.45 bits per heavy atom. The maximum atomic E-state index is 14.4. The average molecular weight is 439 g/mol. The number of aromatic nitrogens is 2. The highest BCUT2D eigenvalue weighted by molar-refractivity contribution is 6.03. The SMILES string of the molecule is COc1c(C(F)(F)F)ccc(C(=O)Nc2nnc(C(=O)OCc3ccccc3)o2)c1F. The van der Waals surface area contributed by atoms with E-state index in [0.717, 1.165) is 7.11 Å². The molecule has 1 aromatic heterocycles. The molecule has 0 spiro atoms. The minimum Gasteiger partial charge on any atom is -0.493 e. The summed E-state index contributed by atoms with van der Waals surface area (Å²) in [6, 6.07) is 9.26. The number of carbonyl (C=O) groups excluding carboxylic acids is 2. The molecule has 8 nitrogen and oxygen atoms in total. The number of hydrogen-bond donors (Lipinski definition) is 1. The van der Waals surface area contributed by atoms with Gasteiger partial charge in [0.1, 0.15) is 12.2 Å². The second-order valence-electron chi connectivity index (χ2n) is 5.93. The third-order valence-electron chi connectivity index (χ3n) is 3.88. The van der Waals surface area contributed by atoms with Gasteiger partial charge in [-0.25, -0.2) is 9.18 Å². The summed E-state index contributed by atoms with van der Waals surface area (Å²) < 4.78 is 67.5. The van der Waals surface area contributed by atoms with E-state index in [1.54, 1.807) is 30.3 Å². The van der Waals surface area contributed by atoms with Crippen LogP contribution in [-0.4, -0.2) is 29.2 Å². The summed E-state index contributed by atoms with van der Waals surface area (Å²) in [6.45, 7) is -0.0691. The Morgan fingerprint density at radius 1 is 1.10 bits per heavy atom. The van der Waals surface area contributed by atoms with Gasteiger partial charge in [-0.3, -0.25) is 10.1 Å². The number of nitrogens with one attached hydrogen (secondary N) is 1. The van der Waals surface area contributed by atoms with Crippen molar-refractivity contribution in [3.8, 4) is 5.75 Å². The Balaban J connectivity index is 1.70. The molecule has 1 amide bonds. The monoisotopic (exact) mass is 439 g/mol. The topological polar surface area (TPSA) is 104 Å². The molecule has 31 heavy (non-hydrogen) atoms. The van der Waals surface area contributed by atoms with Crippen LogP contribution in [0, 0.1) is 5.82 Å². The van der Waals surface area contributed by atoms with Gasteiger partial charge in [0.2, 0.25) is 0 Å². The van der Waals surface area contributed by atoms with Crippen LogP contribution in [-0.2, 0) is 17.5 Å². The Labute approximate surface area is 171 Å². The number of anilines is 1. The van der Waals surface area contributed by atoms with Gasteiger partial charge < -0.3 is 13.9 Å². The molecule has 0 atom stereocenters. The highest BCUT2D eigenvalue weighted by Crippen LogP contribution is 2.38. The first-order valence-electron chi connectivity index (χ1n) is 8.50. The molecular formula is C19H13F4N3O5. The standard InChI is InChI=1S/C19H13F4N3O5/c1-29-14-12(19(21,22)23)8-7-11(13(14)20)15(27)24-18-26-25-16(31-18)17(28)30-9-10-5-3-2-4-6-10/h2-8H,9H2,1H3,(H,24,26,27). The van der Waals surface area contributed by atoms with Gasteiger partial charge in [-0.15, -0.1) is 0 Å². The van der Waals surface area contributed by atoms with Gasteiger partial charge in [0.15, 0.2) is 11.6 Å². The van der Waals surface area contributed by atoms with E-state index in [1.807, 2.05) is 5.32 Å². The molecule has 0 saturated heterocycles. The van der Waals surface area contributed by atoms with Gasteiger partial charge in [0.05, 0.1) is 12.7 Å². The number of halogens is 4. The second-order valence-corrected chi connectivity index (χ2v) is 5.93. The first-order valence-corrected chi connectivity index (χ1v) is 8.50. The van der Waals surface area contributed by atoms with Crippen LogP contribution in [0.3, 0.4) is 0 Å². The number of rotatable bonds is 6. The number of benzene rings is 2. The average Bonchev–Trinajstić information content (AvgIpc) is 3.20. The molecule has 0 aliphatic rings. The molecule has 0 unspecified atom stereocenters. The first-order chi connectivity index (χ1) is 14.7. The van der Waals surface area contributed by atoms with E-state index in [9.17, 15) is 27.2 Å². The third kappa shape index (κ3) is 4.97. The molecule has 3 rings (SSSR count). The Morgan fingerprint density at radius 2 is 1.81 bits per heavy atom. The van der Waals surface area contributed by atoms with Gasteiger partial charge in [-0.1, -0.05) is 40.5 Å². The smallest absolute Gasteiger partial charge is 0.420 e. The predicted molar refractivity (Wildman–Crippen MR) is 95.8 cm³/mol. The largest absolute Gasteiger partial charge is 0.493 e. The van der Waals surface area contributed by atoms with Crippen molar-refractivity contribution in [1.82, 2.24) is 10.2 Å². The predicted octanol–water partition coefficient (Wildman–Crippen LogP) is 3.85. The zero-order valence-electron chi connectivity index (χ0n) is 15.7. The number of ether oxygens (including phenoxy) is 2. The fourth-order valence-corrected chi connectivity index (χ4v) is 2.46. The van der Waals surface area contributed by atoms with E-state index in [2.05, 4.69) is 14.9 Å². The molecule has 3 aromatic rings. The van der Waals surface area contributed by atoms with Crippen molar-refractivity contribution >= 4 is 17.9 Å². The molecule has 0 bridgehead atoms. The molecular weight excluding hydrogens is 426 g/mol. The lowest BCUT2D eigenvalue weighted by atomic mass is 10.1. The van der Waals surface area contributed by atoms with Crippen LogP contribution in [0.15, 0.2) is 46.9 Å². The quantitative estimate of drug-likeness (QED) is 0.460. The summed E-state index contributed by atoms with van der Waals surface area (Å²) in [4.78, 5) is 24.2. The lowest BCUT2D eigenvalue weighted by Crippen LogP contribution is -2.17. The lowest BCUT2D eigenvalue weighted by Gasteiger charge is -2.14. The number of nitrogens with zero attached hydrogens (tertiary/aromatic N) is 2. The van der Waals surface area contributed by atoms with E-state index in [4.69, 9.17) is 9.15 Å². The lowest BCUT2D eigenvalue weighted by molar-refractivity contribution is -0.139. The molecule has 0 aliphatic carbocycles. The number of hydrogen-bond acceptors (Lipinski definition) is 7. The molecule has 0 radical (unpaired) electrons. The van der Waals surface area contributed by atoms with Gasteiger partial charge in [-0.2, -0.15) is 13.2 Å². The van der Waals surface area contributed by atoms with Gasteiger partial charge >= 0.3 is 24.1 Å². The maximum absolute atomic E-state index is 14.4. The summed E-state index contributed by atoms with van der Waals surface area (Å²) >= 11 is 0. The second kappa shape index (κ2) is 8.81. The summed E-state index contributed by atoms with van der Waals surface area (Å²) in [6.07, 6.45) is -4.89. The fraction of sp³-hybridized carbons (Fsp3) is 0.158. The van der Waals surface area contributed by atoms with E-state index >= 15 is 0 Å². The van der Waals surface area contributed by atoms with Gasteiger partial charge in [0.25, 0.3) is 5.91 Å². The zero-order valence-corrected chi connectivity index (χ0v) is 15.7. The van der Waals surface area contributed by atoms with Crippen molar-refractivity contribution in [1.29, 1.82) is 0 Å². The van der Waals surface area contributed by atoms with Crippen LogP contribution in [0.5, 0.6) is 5.75 Å². The molecule has 12 heteroatoms. The fourth-order valence-electron chi connectivity index (χ4n) is 2.46. The normalized spacial score (nSPS) is 11.1. The van der Waals surface area contributed by atoms with Gasteiger partial charge in [-0.05, 0) is 17.7 Å². The molecule has 0 fully saturated rings. The molecule has 1 N–H and O–H groups in total. The van der Waals surface area contributed by atoms with E-state index in [0.29, 0.717) is 17.7 Å². The van der Waals surface area contributed by atoms with Crippen molar-refractivity contribution in [3.63, 3.8) is 0 Å². The van der Waals surface area contributed by atoms with Crippen LogP contribution in [0.4, 0.5) is 23.6 Å². The molecule has 0 saturated carbocycles. The highest BCUT2D eigenvalue weighted by Gasteiger charge is 2.37. The van der Waals surface area contributed by atoms with E-state index < -0.39 is 52.7 Å². The van der Waals surface area contributed by atoms with Crippen molar-refractivity contribution < 1.29 is 41.0 Å². The minimum atomic E-state index is -4.89. The summed E-state index contributed by atoms with van der Waals surface area (Å²) in [5.41, 5.74) is -1.45. The van der Waals surface area contributed by atoms with Crippen LogP contribution in [0.1, 0.15) is 32.2 Å². The van der Waals surface area contributed by atoms with Crippen LogP contribution >= 0.6 is 0 Å². The summed E-state index contributed by atoms with van der Waals surface area (Å²) in [5.74, 6) is -5.43. The number of amides is 1. The summed E-state index contributed by atoms with van der Waals surface area (Å²) in [5, 5.41) is 8.80. The molecule has 162 valence electrons. The van der Waals surface area contributed by atoms with Crippen molar-refractivity contribution in [2.45, 2.75) is 12.8 Å². The first kappa shape index (κ1) is 21.7. The number of methoxy groups -OCH3 is 1. The Hall–Kier alpha value is -3.96. The van der Waals surface area contributed by atoms with Crippen LogP contribution in [0.25, 0.3) is 0 Å². The zero-order chi connectivity index (χ0) is 22.6. The van der Waals surface area contributed by atoms with Crippen molar-refractivity contribution in [3.05, 3.63) is 70.9 Å². The van der Waals surface area contributed by atoms with Crippen molar-refractivity contribution in [2.24, 2.45) is 0 Å². The maximum Gasteiger partial charge on any atom is 0.420 e. The third-order valence-corrected chi connectivity index (χ3v) is 3.88. The van der Waals surface area contributed by atoms with E-state index in [-0.39, 0.29) is 6.61 Å². The Kier molecular flexibility index (Phi) is 6.18. The van der Waals surface area contributed by atoms with Gasteiger partial charge in [0, 0.05) is 0 Å². The van der Waals surface area contributed by atoms with Crippen LogP contribution in [0.2, 0.25) is 0 Å². The number of alkyl halides is 3. The highest BCUT2D eigenvalue weighted by atomic mass is 19.4. The summed E-state index contributed by atoms with van der Waals surface area (Å²) in [7, 11) is 0.834. The Bertz CT molecular complexity index is 1100. The molecule has 1 heterocycles. The number of esters is 1. The van der Waals surface area contributed by atoms with Crippen molar-refractivity contribution in [2.75, 3.05) is 12.4 Å². The van der Waals surface area contributed by atoms with Crippen LogP contribution < -0.4 is 10.1 Å².